The van der Waals surface area contributed by atoms with Crippen molar-refractivity contribution >= 4 is 5.91 Å². The summed E-state index contributed by atoms with van der Waals surface area (Å²) in [6, 6.07) is 13.3. The lowest BCUT2D eigenvalue weighted by molar-refractivity contribution is 0.0939. The number of benzene rings is 1. The van der Waals surface area contributed by atoms with Crippen LogP contribution >= 0.6 is 0 Å². The SMILES string of the molecule is CCc1ccc(C(=O)N[C@H](C)c2ccccn2)cc1. The Bertz CT molecular complexity index is 534. The number of rotatable bonds is 4. The van der Waals surface area contributed by atoms with Gasteiger partial charge in [0.2, 0.25) is 0 Å². The summed E-state index contributed by atoms with van der Waals surface area (Å²) < 4.78 is 0. The van der Waals surface area contributed by atoms with E-state index in [-0.39, 0.29) is 11.9 Å². The summed E-state index contributed by atoms with van der Waals surface area (Å²) in [5, 5.41) is 2.95. The zero-order valence-corrected chi connectivity index (χ0v) is 11.3. The normalized spacial score (nSPS) is 11.9. The molecule has 0 radical (unpaired) electrons. The van der Waals surface area contributed by atoms with Crippen molar-refractivity contribution in [1.82, 2.24) is 10.3 Å². The molecule has 1 amide bonds. The van der Waals surface area contributed by atoms with Gasteiger partial charge in [0.15, 0.2) is 0 Å². The second kappa shape index (κ2) is 6.14. The van der Waals surface area contributed by atoms with E-state index in [1.54, 1.807) is 6.20 Å². The van der Waals surface area contributed by atoms with Gasteiger partial charge in [0.05, 0.1) is 11.7 Å². The Hall–Kier alpha value is -2.16. The van der Waals surface area contributed by atoms with Gasteiger partial charge in [-0.2, -0.15) is 0 Å². The van der Waals surface area contributed by atoms with Crippen LogP contribution < -0.4 is 5.32 Å². The van der Waals surface area contributed by atoms with Gasteiger partial charge < -0.3 is 5.32 Å². The lowest BCUT2D eigenvalue weighted by Gasteiger charge is -2.13. The number of aryl methyl sites for hydroxylation is 1. The fourth-order valence-electron chi connectivity index (χ4n) is 1.88. The van der Waals surface area contributed by atoms with Crippen molar-refractivity contribution in [2.24, 2.45) is 0 Å². The predicted molar refractivity (Wildman–Crippen MR) is 75.9 cm³/mol. The summed E-state index contributed by atoms with van der Waals surface area (Å²) in [5.41, 5.74) is 2.77. The molecule has 0 saturated carbocycles. The van der Waals surface area contributed by atoms with Crippen LogP contribution in [0.2, 0.25) is 0 Å². The van der Waals surface area contributed by atoms with Crippen LogP contribution in [0.25, 0.3) is 0 Å². The summed E-state index contributed by atoms with van der Waals surface area (Å²) in [4.78, 5) is 16.3. The van der Waals surface area contributed by atoms with Gasteiger partial charge in [0, 0.05) is 11.8 Å². The zero-order valence-electron chi connectivity index (χ0n) is 11.3. The number of pyridine rings is 1. The molecule has 0 unspecified atom stereocenters. The second-order valence-corrected chi connectivity index (χ2v) is 4.50. The van der Waals surface area contributed by atoms with Crippen LogP contribution in [0, 0.1) is 0 Å². The highest BCUT2D eigenvalue weighted by atomic mass is 16.1. The van der Waals surface area contributed by atoms with E-state index in [1.807, 2.05) is 49.4 Å². The molecule has 2 rings (SSSR count). The van der Waals surface area contributed by atoms with Crippen LogP contribution in [0.4, 0.5) is 0 Å². The molecule has 0 spiro atoms. The highest BCUT2D eigenvalue weighted by Crippen LogP contribution is 2.10. The Morgan fingerprint density at radius 2 is 1.95 bits per heavy atom. The molecule has 0 saturated heterocycles. The molecule has 1 heterocycles. The van der Waals surface area contributed by atoms with E-state index < -0.39 is 0 Å². The van der Waals surface area contributed by atoms with Gasteiger partial charge in [-0.05, 0) is 43.2 Å². The zero-order chi connectivity index (χ0) is 13.7. The molecule has 3 heteroatoms. The van der Waals surface area contributed by atoms with E-state index in [4.69, 9.17) is 0 Å². The molecule has 1 aromatic carbocycles. The van der Waals surface area contributed by atoms with Crippen molar-refractivity contribution in [3.63, 3.8) is 0 Å². The number of amides is 1. The smallest absolute Gasteiger partial charge is 0.251 e. The molecule has 0 bridgehead atoms. The maximum absolute atomic E-state index is 12.1. The van der Waals surface area contributed by atoms with Crippen molar-refractivity contribution < 1.29 is 4.79 Å². The second-order valence-electron chi connectivity index (χ2n) is 4.50. The van der Waals surface area contributed by atoms with Crippen LogP contribution in [0.1, 0.15) is 41.5 Å². The average molecular weight is 254 g/mol. The topological polar surface area (TPSA) is 42.0 Å². The standard InChI is InChI=1S/C16H18N2O/c1-3-13-7-9-14(10-8-13)16(19)18-12(2)15-6-4-5-11-17-15/h4-12H,3H2,1-2H3,(H,18,19)/t12-/m1/s1. The third kappa shape index (κ3) is 3.41. The average Bonchev–Trinajstić information content (AvgIpc) is 2.48. The minimum Gasteiger partial charge on any atom is -0.344 e. The van der Waals surface area contributed by atoms with E-state index in [2.05, 4.69) is 17.2 Å². The number of nitrogens with zero attached hydrogens (tertiary/aromatic N) is 1. The fraction of sp³-hybridized carbons (Fsp3) is 0.250. The third-order valence-electron chi connectivity index (χ3n) is 3.10. The minimum absolute atomic E-state index is 0.0687. The van der Waals surface area contributed by atoms with E-state index in [1.165, 1.54) is 5.56 Å². The lowest BCUT2D eigenvalue weighted by atomic mass is 10.1. The Balaban J connectivity index is 2.04. The van der Waals surface area contributed by atoms with Crippen LogP contribution in [0.3, 0.4) is 0 Å². The van der Waals surface area contributed by atoms with Crippen molar-refractivity contribution in [2.45, 2.75) is 26.3 Å². The Kier molecular flexibility index (Phi) is 4.29. The first-order valence-electron chi connectivity index (χ1n) is 6.51. The largest absolute Gasteiger partial charge is 0.344 e. The molecular formula is C16H18N2O. The summed E-state index contributed by atoms with van der Waals surface area (Å²) >= 11 is 0. The van der Waals surface area contributed by atoms with Gasteiger partial charge >= 0.3 is 0 Å². The minimum atomic E-state index is -0.0976. The third-order valence-corrected chi connectivity index (χ3v) is 3.10. The van der Waals surface area contributed by atoms with Gasteiger partial charge in [0.25, 0.3) is 5.91 Å². The molecule has 98 valence electrons. The molecule has 1 atom stereocenters. The van der Waals surface area contributed by atoms with Gasteiger partial charge in [-0.15, -0.1) is 0 Å². The van der Waals surface area contributed by atoms with Crippen LogP contribution in [-0.4, -0.2) is 10.9 Å². The Labute approximate surface area is 113 Å². The number of hydrogen-bond donors (Lipinski definition) is 1. The summed E-state index contributed by atoms with van der Waals surface area (Å²) in [7, 11) is 0. The highest BCUT2D eigenvalue weighted by Gasteiger charge is 2.11. The maximum atomic E-state index is 12.1. The van der Waals surface area contributed by atoms with Gasteiger partial charge in [0.1, 0.15) is 0 Å². The van der Waals surface area contributed by atoms with Crippen molar-refractivity contribution in [3.05, 3.63) is 65.5 Å². The van der Waals surface area contributed by atoms with Gasteiger partial charge in [-0.25, -0.2) is 0 Å². The van der Waals surface area contributed by atoms with E-state index in [0.29, 0.717) is 5.56 Å². The molecule has 19 heavy (non-hydrogen) atoms. The van der Waals surface area contributed by atoms with Crippen molar-refractivity contribution in [2.75, 3.05) is 0 Å². The molecule has 0 aliphatic rings. The fourth-order valence-corrected chi connectivity index (χ4v) is 1.88. The number of hydrogen-bond acceptors (Lipinski definition) is 2. The molecular weight excluding hydrogens is 236 g/mol. The summed E-state index contributed by atoms with van der Waals surface area (Å²) in [5.74, 6) is -0.0687. The number of aromatic nitrogens is 1. The summed E-state index contributed by atoms with van der Waals surface area (Å²) in [6.45, 7) is 4.03. The summed E-state index contributed by atoms with van der Waals surface area (Å²) in [6.07, 6.45) is 2.71. The number of nitrogens with one attached hydrogen (secondary N) is 1. The molecule has 0 fully saturated rings. The molecule has 3 nitrogen and oxygen atoms in total. The molecule has 1 N–H and O–H groups in total. The number of carbonyl (C=O) groups is 1. The van der Waals surface area contributed by atoms with Crippen LogP contribution in [0.5, 0.6) is 0 Å². The van der Waals surface area contributed by atoms with E-state index in [0.717, 1.165) is 12.1 Å². The Morgan fingerprint density at radius 3 is 2.53 bits per heavy atom. The van der Waals surface area contributed by atoms with Crippen molar-refractivity contribution in [1.29, 1.82) is 0 Å². The Morgan fingerprint density at radius 1 is 1.21 bits per heavy atom. The maximum Gasteiger partial charge on any atom is 0.251 e. The molecule has 0 aliphatic heterocycles. The predicted octanol–water partition coefficient (Wildman–Crippen LogP) is 3.14. The first kappa shape index (κ1) is 13.3. The van der Waals surface area contributed by atoms with E-state index >= 15 is 0 Å². The first-order valence-corrected chi connectivity index (χ1v) is 6.51. The van der Waals surface area contributed by atoms with Crippen LogP contribution in [-0.2, 0) is 6.42 Å². The molecule has 1 aromatic heterocycles. The lowest BCUT2D eigenvalue weighted by Crippen LogP contribution is -2.27. The quantitative estimate of drug-likeness (QED) is 0.910. The van der Waals surface area contributed by atoms with E-state index in [9.17, 15) is 4.79 Å². The first-order chi connectivity index (χ1) is 9.20. The van der Waals surface area contributed by atoms with Crippen LogP contribution in [0.15, 0.2) is 48.7 Å². The van der Waals surface area contributed by atoms with Gasteiger partial charge in [-0.1, -0.05) is 25.1 Å². The highest BCUT2D eigenvalue weighted by molar-refractivity contribution is 5.94. The molecule has 2 aromatic rings. The number of carbonyl (C=O) groups excluding carboxylic acids is 1. The van der Waals surface area contributed by atoms with Crippen molar-refractivity contribution in [3.8, 4) is 0 Å². The molecule has 0 aliphatic carbocycles. The monoisotopic (exact) mass is 254 g/mol. The van der Waals surface area contributed by atoms with Gasteiger partial charge in [-0.3, -0.25) is 9.78 Å².